The Bertz CT molecular complexity index is 1250. The minimum atomic E-state index is -3.56. The van der Waals surface area contributed by atoms with E-state index < -0.39 is 10.0 Å². The number of anilines is 1. The van der Waals surface area contributed by atoms with Gasteiger partial charge in [-0.3, -0.25) is 4.79 Å². The summed E-state index contributed by atoms with van der Waals surface area (Å²) in [6, 6.07) is 17.1. The Morgan fingerprint density at radius 3 is 2.33 bits per heavy atom. The number of piperazine rings is 1. The van der Waals surface area contributed by atoms with Gasteiger partial charge in [-0.1, -0.05) is 42.5 Å². The number of amides is 1. The molecule has 0 radical (unpaired) electrons. The lowest BCUT2D eigenvalue weighted by molar-refractivity contribution is -0.119. The van der Waals surface area contributed by atoms with Gasteiger partial charge in [-0.25, -0.2) is 13.4 Å². The first-order valence-electron chi connectivity index (χ1n) is 11.1. The van der Waals surface area contributed by atoms with E-state index in [0.717, 1.165) is 26.8 Å². The van der Waals surface area contributed by atoms with Crippen LogP contribution in [-0.4, -0.2) is 56.3 Å². The van der Waals surface area contributed by atoms with Crippen LogP contribution in [0.3, 0.4) is 0 Å². The number of aromatic nitrogens is 1. The van der Waals surface area contributed by atoms with Gasteiger partial charge < -0.3 is 10.2 Å². The number of carbonyl (C=O) groups excluding carboxylic acids is 1. The van der Waals surface area contributed by atoms with Crippen molar-refractivity contribution in [2.75, 3.05) is 37.6 Å². The van der Waals surface area contributed by atoms with E-state index >= 15 is 0 Å². The van der Waals surface area contributed by atoms with Gasteiger partial charge in [0.15, 0.2) is 5.13 Å². The summed E-state index contributed by atoms with van der Waals surface area (Å²) in [4.78, 5) is 19.9. The lowest BCUT2D eigenvalue weighted by atomic mass is 9.99. The van der Waals surface area contributed by atoms with Crippen LogP contribution in [0.4, 0.5) is 5.13 Å². The van der Waals surface area contributed by atoms with E-state index in [-0.39, 0.29) is 11.8 Å². The van der Waals surface area contributed by atoms with Crippen LogP contribution >= 0.6 is 11.3 Å². The van der Waals surface area contributed by atoms with Crippen LogP contribution in [-0.2, 0) is 14.8 Å². The van der Waals surface area contributed by atoms with Gasteiger partial charge in [0.2, 0.25) is 15.9 Å². The van der Waals surface area contributed by atoms with Gasteiger partial charge in [0.1, 0.15) is 0 Å². The zero-order chi connectivity index (χ0) is 23.0. The Balaban J connectivity index is 1.26. The van der Waals surface area contributed by atoms with Crippen molar-refractivity contribution in [3.05, 3.63) is 65.0 Å². The molecule has 1 N–H and O–H groups in total. The summed E-state index contributed by atoms with van der Waals surface area (Å²) in [7, 11) is -3.56. The molecule has 0 bridgehead atoms. The topological polar surface area (TPSA) is 82.6 Å². The third-order valence-electron chi connectivity index (χ3n) is 6.31. The number of aryl methyl sites for hydroxylation is 1. The predicted octanol–water partition coefficient (Wildman–Crippen LogP) is 3.23. The maximum Gasteiger partial charge on any atom is 0.243 e. The number of hydrogen-bond acceptors (Lipinski definition) is 6. The van der Waals surface area contributed by atoms with E-state index in [2.05, 4.69) is 29.3 Å². The number of thiazole rings is 1. The Morgan fingerprint density at radius 2 is 1.70 bits per heavy atom. The summed E-state index contributed by atoms with van der Waals surface area (Å²) in [6.07, 6.45) is 0.455. The number of benzene rings is 2. The number of sulfonamides is 1. The third kappa shape index (κ3) is 4.40. The molecule has 7 nitrogen and oxygen atoms in total. The summed E-state index contributed by atoms with van der Waals surface area (Å²) in [5.41, 5.74) is 3.08. The molecule has 0 saturated carbocycles. The molecule has 2 aliphatic heterocycles. The van der Waals surface area contributed by atoms with Crippen molar-refractivity contribution in [1.29, 1.82) is 0 Å². The fourth-order valence-electron chi connectivity index (χ4n) is 4.40. The molecule has 1 atom stereocenters. The standard InChI is InChI=1S/C24H26N4O3S2/c1-17-23(19-5-3-2-4-6-19)26-24(32-17)27-11-13-28(14-12-27)33(30,31)21-9-7-18(8-10-21)20-15-22(29)25-16-20/h2-10,20H,11-16H2,1H3,(H,25,29)/t20-/m1/s1. The van der Waals surface area contributed by atoms with Gasteiger partial charge in [-0.15, -0.1) is 11.3 Å². The highest BCUT2D eigenvalue weighted by atomic mass is 32.2. The van der Waals surface area contributed by atoms with Crippen molar-refractivity contribution >= 4 is 32.4 Å². The van der Waals surface area contributed by atoms with Crippen LogP contribution in [0.15, 0.2) is 59.5 Å². The predicted molar refractivity (Wildman–Crippen MR) is 130 cm³/mol. The van der Waals surface area contributed by atoms with Crippen molar-refractivity contribution in [2.45, 2.75) is 24.2 Å². The van der Waals surface area contributed by atoms with Crippen molar-refractivity contribution in [3.63, 3.8) is 0 Å². The molecule has 0 spiro atoms. The van der Waals surface area contributed by atoms with Crippen LogP contribution < -0.4 is 10.2 Å². The van der Waals surface area contributed by atoms with Crippen LogP contribution in [0.2, 0.25) is 0 Å². The molecule has 172 valence electrons. The van der Waals surface area contributed by atoms with E-state index in [1.807, 2.05) is 30.3 Å². The molecule has 1 aromatic heterocycles. The fourth-order valence-corrected chi connectivity index (χ4v) is 6.81. The van der Waals surface area contributed by atoms with Gasteiger partial charge in [0.05, 0.1) is 10.6 Å². The molecule has 0 aliphatic carbocycles. The molecule has 2 fully saturated rings. The minimum absolute atomic E-state index is 0.0425. The first-order valence-corrected chi connectivity index (χ1v) is 13.3. The minimum Gasteiger partial charge on any atom is -0.355 e. The molecule has 5 rings (SSSR count). The number of hydrogen-bond donors (Lipinski definition) is 1. The smallest absolute Gasteiger partial charge is 0.243 e. The maximum absolute atomic E-state index is 13.2. The van der Waals surface area contributed by atoms with Gasteiger partial charge in [0.25, 0.3) is 0 Å². The molecule has 33 heavy (non-hydrogen) atoms. The molecule has 2 saturated heterocycles. The Hall–Kier alpha value is -2.75. The third-order valence-corrected chi connectivity index (χ3v) is 9.25. The second-order valence-corrected chi connectivity index (χ2v) is 11.6. The molecule has 9 heteroatoms. The number of nitrogens with zero attached hydrogens (tertiary/aromatic N) is 3. The highest BCUT2D eigenvalue weighted by Gasteiger charge is 2.30. The van der Waals surface area contributed by atoms with E-state index in [0.29, 0.717) is 44.0 Å². The summed E-state index contributed by atoms with van der Waals surface area (Å²) in [5, 5.41) is 3.76. The van der Waals surface area contributed by atoms with Crippen molar-refractivity contribution in [1.82, 2.24) is 14.6 Å². The van der Waals surface area contributed by atoms with Gasteiger partial charge in [-0.05, 0) is 24.6 Å². The summed E-state index contributed by atoms with van der Waals surface area (Å²) in [5.74, 6) is 0.154. The van der Waals surface area contributed by atoms with Gasteiger partial charge in [-0.2, -0.15) is 4.31 Å². The molecule has 2 aliphatic rings. The van der Waals surface area contributed by atoms with Crippen LogP contribution in [0.1, 0.15) is 22.8 Å². The Labute approximate surface area is 198 Å². The number of nitrogens with one attached hydrogen (secondary N) is 1. The molecular formula is C24H26N4O3S2. The first kappa shape index (κ1) is 22.1. The van der Waals surface area contributed by atoms with Gasteiger partial charge in [0, 0.05) is 55.5 Å². The fraction of sp³-hybridized carbons (Fsp3) is 0.333. The maximum atomic E-state index is 13.2. The van der Waals surface area contributed by atoms with E-state index in [1.165, 1.54) is 0 Å². The zero-order valence-electron chi connectivity index (χ0n) is 18.4. The number of carbonyl (C=O) groups is 1. The van der Waals surface area contributed by atoms with Crippen molar-refractivity contribution < 1.29 is 13.2 Å². The van der Waals surface area contributed by atoms with Crippen LogP contribution in [0, 0.1) is 6.92 Å². The average Bonchev–Trinajstić information content (AvgIpc) is 3.45. The van der Waals surface area contributed by atoms with Gasteiger partial charge >= 0.3 is 0 Å². The molecule has 0 unspecified atom stereocenters. The largest absolute Gasteiger partial charge is 0.355 e. The SMILES string of the molecule is Cc1sc(N2CCN(S(=O)(=O)c3ccc([C@H]4CNC(=O)C4)cc3)CC2)nc1-c1ccccc1. The monoisotopic (exact) mass is 482 g/mol. The highest BCUT2D eigenvalue weighted by molar-refractivity contribution is 7.89. The van der Waals surface area contributed by atoms with Crippen LogP contribution in [0.5, 0.6) is 0 Å². The highest BCUT2D eigenvalue weighted by Crippen LogP contribution is 2.33. The first-order chi connectivity index (χ1) is 15.9. The second kappa shape index (κ2) is 8.89. The molecule has 1 amide bonds. The zero-order valence-corrected chi connectivity index (χ0v) is 20.0. The summed E-state index contributed by atoms with van der Waals surface area (Å²) < 4.78 is 27.9. The molecule has 3 heterocycles. The molecule has 3 aromatic rings. The van der Waals surface area contributed by atoms with E-state index in [1.54, 1.807) is 27.8 Å². The summed E-state index contributed by atoms with van der Waals surface area (Å²) >= 11 is 1.65. The number of rotatable bonds is 5. The normalized spacial score (nSPS) is 19.6. The quantitative estimate of drug-likeness (QED) is 0.604. The Kier molecular flexibility index (Phi) is 5.94. The van der Waals surface area contributed by atoms with Crippen molar-refractivity contribution in [2.24, 2.45) is 0 Å². The summed E-state index contributed by atoms with van der Waals surface area (Å²) in [6.45, 7) is 4.73. The molecule has 2 aromatic carbocycles. The lowest BCUT2D eigenvalue weighted by Gasteiger charge is -2.33. The molecular weight excluding hydrogens is 456 g/mol. The average molecular weight is 483 g/mol. The van der Waals surface area contributed by atoms with Crippen molar-refractivity contribution in [3.8, 4) is 11.3 Å². The van der Waals surface area contributed by atoms with Crippen LogP contribution in [0.25, 0.3) is 11.3 Å². The van der Waals surface area contributed by atoms with E-state index in [9.17, 15) is 13.2 Å². The lowest BCUT2D eigenvalue weighted by Crippen LogP contribution is -2.48. The van der Waals surface area contributed by atoms with E-state index in [4.69, 9.17) is 4.98 Å². The second-order valence-electron chi connectivity index (χ2n) is 8.43. The Morgan fingerprint density at radius 1 is 1.00 bits per heavy atom.